The number of fused-ring (bicyclic) bond motifs is 5. The number of hydrogen-bond donors (Lipinski definition) is 1. The summed E-state index contributed by atoms with van der Waals surface area (Å²) in [5.74, 6) is 0.706. The molecule has 0 atom stereocenters. The molecular formula is C28H29FN6O5. The smallest absolute Gasteiger partial charge is 0.415 e. The van der Waals surface area contributed by atoms with Crippen LogP contribution in [0, 0.1) is 5.82 Å². The molecule has 2 bridgehead atoms. The second kappa shape index (κ2) is 9.93. The molecule has 40 heavy (non-hydrogen) atoms. The largest absolute Gasteiger partial charge is 0.480 e. The highest BCUT2D eigenvalue weighted by Gasteiger charge is 2.45. The first-order valence-corrected chi connectivity index (χ1v) is 13.7. The number of halogens is 1. The van der Waals surface area contributed by atoms with Gasteiger partial charge < -0.3 is 19.5 Å². The van der Waals surface area contributed by atoms with E-state index >= 15 is 4.39 Å². The molecule has 4 fully saturated rings. The zero-order chi connectivity index (χ0) is 27.3. The zero-order valence-corrected chi connectivity index (χ0v) is 21.9. The summed E-state index contributed by atoms with van der Waals surface area (Å²) in [6.45, 7) is 2.30. The summed E-state index contributed by atoms with van der Waals surface area (Å²) in [5, 5.41) is 2.78. The summed E-state index contributed by atoms with van der Waals surface area (Å²) < 4.78 is 32.0. The highest BCUT2D eigenvalue weighted by Crippen LogP contribution is 2.41. The lowest BCUT2D eigenvalue weighted by molar-refractivity contribution is -0.138. The van der Waals surface area contributed by atoms with E-state index in [1.165, 1.54) is 11.1 Å². The van der Waals surface area contributed by atoms with Crippen LogP contribution in [0.2, 0.25) is 0 Å². The van der Waals surface area contributed by atoms with Gasteiger partial charge in [-0.15, -0.1) is 0 Å². The maximum absolute atomic E-state index is 15.3. The van der Waals surface area contributed by atoms with Gasteiger partial charge in [-0.1, -0.05) is 0 Å². The molecule has 3 aromatic rings. The van der Waals surface area contributed by atoms with E-state index in [4.69, 9.17) is 14.2 Å². The SMILES string of the molecule is O=C1COc2ccc(CN(CCc3c(F)cnc4ccc(N5CCOC5=O)nc34)C34CCC(CC3)OC4)nc2N1. The van der Waals surface area contributed by atoms with Crippen LogP contribution in [0.15, 0.2) is 30.5 Å². The Labute approximate surface area is 229 Å². The van der Waals surface area contributed by atoms with Gasteiger partial charge in [-0.2, -0.15) is 0 Å². The highest BCUT2D eigenvalue weighted by atomic mass is 19.1. The second-order valence-corrected chi connectivity index (χ2v) is 10.8. The maximum atomic E-state index is 15.3. The van der Waals surface area contributed by atoms with Crippen molar-refractivity contribution in [1.82, 2.24) is 19.9 Å². The van der Waals surface area contributed by atoms with Crippen molar-refractivity contribution in [2.24, 2.45) is 0 Å². The van der Waals surface area contributed by atoms with Gasteiger partial charge in [-0.05, 0) is 56.4 Å². The normalized spacial score (nSPS) is 23.8. The van der Waals surface area contributed by atoms with Crippen molar-refractivity contribution in [2.75, 3.05) is 43.1 Å². The van der Waals surface area contributed by atoms with Crippen LogP contribution in [0.5, 0.6) is 5.75 Å². The number of nitrogens with zero attached hydrogens (tertiary/aromatic N) is 5. The summed E-state index contributed by atoms with van der Waals surface area (Å²) >= 11 is 0. The highest BCUT2D eigenvalue weighted by molar-refractivity contribution is 5.94. The van der Waals surface area contributed by atoms with E-state index in [0.717, 1.165) is 31.4 Å². The molecule has 1 saturated carbocycles. The topological polar surface area (TPSA) is 119 Å². The Balaban J connectivity index is 1.20. The number of aromatic nitrogens is 3. The molecule has 11 nitrogen and oxygen atoms in total. The van der Waals surface area contributed by atoms with Crippen molar-refractivity contribution in [3.8, 4) is 5.75 Å². The minimum absolute atomic E-state index is 0.0259. The Morgan fingerprint density at radius 1 is 1.12 bits per heavy atom. The van der Waals surface area contributed by atoms with Crippen molar-refractivity contribution in [1.29, 1.82) is 0 Å². The Morgan fingerprint density at radius 3 is 2.77 bits per heavy atom. The number of cyclic esters (lactones) is 1. The third kappa shape index (κ3) is 4.50. The fraction of sp³-hybridized carbons (Fsp3) is 0.464. The van der Waals surface area contributed by atoms with Crippen molar-refractivity contribution in [3.05, 3.63) is 47.5 Å². The molecule has 5 aliphatic rings. The van der Waals surface area contributed by atoms with Gasteiger partial charge in [0.1, 0.15) is 18.2 Å². The number of amides is 2. The molecule has 12 heteroatoms. The number of pyridine rings is 3. The van der Waals surface area contributed by atoms with Crippen LogP contribution < -0.4 is 15.0 Å². The van der Waals surface area contributed by atoms with E-state index in [1.54, 1.807) is 12.1 Å². The lowest BCUT2D eigenvalue weighted by Crippen LogP contribution is -2.59. The molecule has 7 heterocycles. The molecule has 2 amide bonds. The van der Waals surface area contributed by atoms with Gasteiger partial charge in [-0.3, -0.25) is 19.6 Å². The van der Waals surface area contributed by atoms with E-state index in [0.29, 0.717) is 79.4 Å². The number of nitrogens with one attached hydrogen (secondary N) is 1. The van der Waals surface area contributed by atoms with Crippen LogP contribution in [0.3, 0.4) is 0 Å². The number of ether oxygens (including phenoxy) is 3. The maximum Gasteiger partial charge on any atom is 0.415 e. The molecular weight excluding hydrogens is 519 g/mol. The Kier molecular flexibility index (Phi) is 6.23. The fourth-order valence-corrected chi connectivity index (χ4v) is 6.21. The lowest BCUT2D eigenvalue weighted by atomic mass is 9.76. The number of anilines is 2. The fourth-order valence-electron chi connectivity index (χ4n) is 6.21. The number of carbonyl (C=O) groups excluding carboxylic acids is 2. The van der Waals surface area contributed by atoms with Crippen molar-refractivity contribution in [2.45, 2.75) is 50.3 Å². The third-order valence-corrected chi connectivity index (χ3v) is 8.43. The molecule has 0 spiro atoms. The number of hydrogen-bond acceptors (Lipinski definition) is 9. The van der Waals surface area contributed by atoms with Gasteiger partial charge in [0.2, 0.25) is 0 Å². The average molecular weight is 549 g/mol. The summed E-state index contributed by atoms with van der Waals surface area (Å²) in [6.07, 6.45) is 5.40. The molecule has 0 aromatic carbocycles. The second-order valence-electron chi connectivity index (χ2n) is 10.8. The molecule has 8 rings (SSSR count). The predicted octanol–water partition coefficient (Wildman–Crippen LogP) is 3.21. The van der Waals surface area contributed by atoms with Gasteiger partial charge in [-0.25, -0.2) is 19.2 Å². The third-order valence-electron chi connectivity index (χ3n) is 8.43. The molecule has 1 aliphatic carbocycles. The average Bonchev–Trinajstić information content (AvgIpc) is 3.42. The first-order valence-electron chi connectivity index (χ1n) is 13.7. The summed E-state index contributed by atoms with van der Waals surface area (Å²) in [4.78, 5) is 41.3. The quantitative estimate of drug-likeness (QED) is 0.475. The van der Waals surface area contributed by atoms with Crippen molar-refractivity contribution < 1.29 is 28.2 Å². The van der Waals surface area contributed by atoms with Crippen LogP contribution in [-0.4, -0.2) is 76.4 Å². The van der Waals surface area contributed by atoms with Crippen molar-refractivity contribution >= 4 is 34.7 Å². The Bertz CT molecular complexity index is 1480. The number of carbonyl (C=O) groups is 2. The van der Waals surface area contributed by atoms with E-state index in [1.807, 2.05) is 12.1 Å². The number of rotatable bonds is 7. The molecule has 208 valence electrons. The van der Waals surface area contributed by atoms with Gasteiger partial charge in [0, 0.05) is 24.2 Å². The standard InChI is InChI=1S/C28H29FN6O5/c29-20-13-30-21-2-4-23(35-11-12-38-27(35)37)32-25(21)19(20)7-10-34(28-8-5-18(6-9-28)40-16-28)14-17-1-3-22-26(31-17)33-24(36)15-39-22/h1-4,13,18H,5-12,14-16H2,(H,31,33,36). The first kappa shape index (κ1) is 25.1. The minimum atomic E-state index is -0.463. The molecule has 1 N–H and O–H groups in total. The van der Waals surface area contributed by atoms with Crippen LogP contribution >= 0.6 is 0 Å². The lowest BCUT2D eigenvalue weighted by Gasteiger charge is -2.52. The first-order chi connectivity index (χ1) is 19.5. The molecule has 4 aliphatic heterocycles. The van der Waals surface area contributed by atoms with Crippen LogP contribution in [0.1, 0.15) is 36.9 Å². The summed E-state index contributed by atoms with van der Waals surface area (Å²) in [6, 6.07) is 7.19. The van der Waals surface area contributed by atoms with Crippen LogP contribution in [0.4, 0.5) is 20.8 Å². The van der Waals surface area contributed by atoms with Crippen LogP contribution in [-0.2, 0) is 27.2 Å². The van der Waals surface area contributed by atoms with Crippen molar-refractivity contribution in [3.63, 3.8) is 0 Å². The molecule has 0 unspecified atom stereocenters. The molecule has 3 aromatic heterocycles. The van der Waals surface area contributed by atoms with Gasteiger partial charge in [0.15, 0.2) is 18.2 Å². The van der Waals surface area contributed by atoms with Gasteiger partial charge in [0.05, 0.1) is 42.2 Å². The van der Waals surface area contributed by atoms with E-state index in [2.05, 4.69) is 25.2 Å². The Morgan fingerprint density at radius 2 is 2.00 bits per heavy atom. The zero-order valence-electron chi connectivity index (χ0n) is 21.9. The predicted molar refractivity (Wildman–Crippen MR) is 142 cm³/mol. The Hall–Kier alpha value is -3.90. The summed E-state index contributed by atoms with van der Waals surface area (Å²) in [7, 11) is 0. The van der Waals surface area contributed by atoms with E-state index < -0.39 is 11.9 Å². The van der Waals surface area contributed by atoms with Crippen LogP contribution in [0.25, 0.3) is 11.0 Å². The van der Waals surface area contributed by atoms with Gasteiger partial charge >= 0.3 is 6.09 Å². The van der Waals surface area contributed by atoms with E-state index in [9.17, 15) is 9.59 Å². The molecule has 3 saturated heterocycles. The minimum Gasteiger partial charge on any atom is -0.480 e. The van der Waals surface area contributed by atoms with E-state index in [-0.39, 0.29) is 18.1 Å². The monoisotopic (exact) mass is 548 g/mol. The summed E-state index contributed by atoms with van der Waals surface area (Å²) in [5.41, 5.74) is 2.03. The molecule has 0 radical (unpaired) electrons. The van der Waals surface area contributed by atoms with Gasteiger partial charge in [0.25, 0.3) is 5.91 Å².